The van der Waals surface area contributed by atoms with Gasteiger partial charge < -0.3 is 9.47 Å². The van der Waals surface area contributed by atoms with Gasteiger partial charge in [-0.3, -0.25) is 4.79 Å². The van der Waals surface area contributed by atoms with Crippen molar-refractivity contribution in [3.8, 4) is 5.75 Å². The molecule has 0 spiro atoms. The summed E-state index contributed by atoms with van der Waals surface area (Å²) in [6.45, 7) is 4.01. The van der Waals surface area contributed by atoms with Crippen molar-refractivity contribution in [2.24, 2.45) is 5.10 Å². The molecule has 0 bridgehead atoms. The number of carbonyl (C=O) groups is 1. The van der Waals surface area contributed by atoms with Crippen molar-refractivity contribution in [1.29, 1.82) is 0 Å². The third-order valence-electron chi connectivity index (χ3n) is 4.61. The highest BCUT2D eigenvalue weighted by Crippen LogP contribution is 2.28. The number of hydrogen-bond acceptors (Lipinski definition) is 6. The van der Waals surface area contributed by atoms with E-state index in [2.05, 4.69) is 73.1 Å². The van der Waals surface area contributed by atoms with E-state index in [9.17, 15) is 9.59 Å². The summed E-state index contributed by atoms with van der Waals surface area (Å²) < 4.78 is 14.4. The van der Waals surface area contributed by atoms with E-state index < -0.39 is 5.97 Å². The van der Waals surface area contributed by atoms with Gasteiger partial charge in [-0.2, -0.15) is 9.78 Å². The maximum absolute atomic E-state index is 13.2. The van der Waals surface area contributed by atoms with Crippen LogP contribution < -0.4 is 10.3 Å². The quantitative estimate of drug-likeness (QED) is 0.164. The van der Waals surface area contributed by atoms with E-state index in [0.29, 0.717) is 35.5 Å². The summed E-state index contributed by atoms with van der Waals surface area (Å²) in [7, 11) is 0. The maximum atomic E-state index is 13.2. The number of esters is 1. The molecule has 0 amide bonds. The van der Waals surface area contributed by atoms with Crippen LogP contribution in [0.25, 0.3) is 10.9 Å². The number of aromatic nitrogens is 2. The van der Waals surface area contributed by atoms with Gasteiger partial charge in [0.05, 0.1) is 30.9 Å². The Morgan fingerprint density at radius 1 is 1.21 bits per heavy atom. The number of rotatable bonds is 9. The largest absolute Gasteiger partial charge is 0.480 e. The molecular formula is C23H22BrI2N3O4. The average molecular weight is 738 g/mol. The monoisotopic (exact) mass is 737 g/mol. The lowest BCUT2D eigenvalue weighted by atomic mass is 10.2. The standard InChI is InChI=1S/C23H22BrI2N3O4/c1-3-5-6-20-28-19-8-7-15(24)11-16(19)23(31)29(20)27-12-14-9-17(25)22(18(26)10-14)33-13-21(30)32-4-2/h7-12H,3-6,13H2,1-2H3. The Kier molecular flexibility index (Phi) is 9.68. The van der Waals surface area contributed by atoms with Crippen LogP contribution in [-0.4, -0.2) is 35.1 Å². The van der Waals surface area contributed by atoms with Crippen LogP contribution in [0, 0.1) is 7.14 Å². The number of ether oxygens (including phenoxy) is 2. The average Bonchev–Trinajstić information content (AvgIpc) is 2.77. The Morgan fingerprint density at radius 2 is 1.94 bits per heavy atom. The minimum Gasteiger partial charge on any atom is -0.480 e. The summed E-state index contributed by atoms with van der Waals surface area (Å²) in [5, 5.41) is 5.01. The van der Waals surface area contributed by atoms with Crippen LogP contribution >= 0.6 is 61.1 Å². The zero-order chi connectivity index (χ0) is 24.0. The fourth-order valence-electron chi connectivity index (χ4n) is 3.06. The number of hydrogen-bond donors (Lipinski definition) is 0. The summed E-state index contributed by atoms with van der Waals surface area (Å²) in [4.78, 5) is 29.5. The predicted octanol–water partition coefficient (Wildman–Crippen LogP) is 5.53. The van der Waals surface area contributed by atoms with Crippen LogP contribution in [0.15, 0.2) is 44.7 Å². The molecule has 1 aromatic heterocycles. The number of benzene rings is 2. The molecule has 0 radical (unpaired) electrons. The highest BCUT2D eigenvalue weighted by atomic mass is 127. The van der Waals surface area contributed by atoms with E-state index >= 15 is 0 Å². The summed E-state index contributed by atoms with van der Waals surface area (Å²) in [6, 6.07) is 9.25. The fraction of sp³-hybridized carbons (Fsp3) is 0.304. The molecule has 0 aliphatic rings. The molecule has 0 unspecified atom stereocenters. The SMILES string of the molecule is CCCCc1nc2ccc(Br)cc2c(=O)n1N=Cc1cc(I)c(OCC(=O)OCC)c(I)c1. The van der Waals surface area contributed by atoms with E-state index in [-0.39, 0.29) is 12.2 Å². The van der Waals surface area contributed by atoms with Gasteiger partial charge >= 0.3 is 5.97 Å². The highest BCUT2D eigenvalue weighted by molar-refractivity contribution is 14.1. The maximum Gasteiger partial charge on any atom is 0.344 e. The predicted molar refractivity (Wildman–Crippen MR) is 149 cm³/mol. The molecule has 0 aliphatic heterocycles. The van der Waals surface area contributed by atoms with Gasteiger partial charge in [-0.1, -0.05) is 29.3 Å². The summed E-state index contributed by atoms with van der Waals surface area (Å²) >= 11 is 7.73. The van der Waals surface area contributed by atoms with Crippen molar-refractivity contribution >= 4 is 84.2 Å². The molecule has 0 atom stereocenters. The Hall–Kier alpha value is -1.54. The molecule has 0 fully saturated rings. The van der Waals surface area contributed by atoms with Crippen molar-refractivity contribution in [3.05, 3.63) is 63.7 Å². The van der Waals surface area contributed by atoms with Gasteiger partial charge in [0.2, 0.25) is 0 Å². The summed E-state index contributed by atoms with van der Waals surface area (Å²) in [5.41, 5.74) is 1.25. The second-order valence-corrected chi connectivity index (χ2v) is 10.3. The zero-order valence-electron chi connectivity index (χ0n) is 18.1. The van der Waals surface area contributed by atoms with Crippen molar-refractivity contribution in [2.45, 2.75) is 33.1 Å². The normalized spacial score (nSPS) is 11.3. The van der Waals surface area contributed by atoms with E-state index in [0.717, 1.165) is 30.0 Å². The zero-order valence-corrected chi connectivity index (χ0v) is 24.0. The van der Waals surface area contributed by atoms with Crippen molar-refractivity contribution < 1.29 is 14.3 Å². The Balaban J connectivity index is 1.95. The van der Waals surface area contributed by atoms with Crippen LogP contribution in [0.4, 0.5) is 0 Å². The molecule has 1 heterocycles. The van der Waals surface area contributed by atoms with Crippen LogP contribution in [0.2, 0.25) is 0 Å². The van der Waals surface area contributed by atoms with Gasteiger partial charge in [-0.05, 0) is 94.4 Å². The van der Waals surface area contributed by atoms with Crippen LogP contribution in [0.3, 0.4) is 0 Å². The van der Waals surface area contributed by atoms with E-state index in [1.807, 2.05) is 24.3 Å². The number of unbranched alkanes of at least 4 members (excludes halogenated alkanes) is 1. The molecule has 2 aromatic carbocycles. The summed E-state index contributed by atoms with van der Waals surface area (Å²) in [6.07, 6.45) is 4.19. The first-order valence-corrected chi connectivity index (χ1v) is 13.3. The third-order valence-corrected chi connectivity index (χ3v) is 6.71. The molecule has 0 N–H and O–H groups in total. The van der Waals surface area contributed by atoms with Gasteiger partial charge in [-0.15, -0.1) is 0 Å². The first-order chi connectivity index (χ1) is 15.8. The molecule has 7 nitrogen and oxygen atoms in total. The number of nitrogens with zero attached hydrogens (tertiary/aromatic N) is 3. The lowest BCUT2D eigenvalue weighted by Crippen LogP contribution is -2.22. The van der Waals surface area contributed by atoms with Gasteiger partial charge in [0, 0.05) is 10.9 Å². The topological polar surface area (TPSA) is 82.8 Å². The van der Waals surface area contributed by atoms with Crippen LogP contribution in [0.5, 0.6) is 5.75 Å². The molecule has 10 heteroatoms. The van der Waals surface area contributed by atoms with Gasteiger partial charge in [0.25, 0.3) is 5.56 Å². The van der Waals surface area contributed by atoms with Gasteiger partial charge in [-0.25, -0.2) is 9.78 Å². The Morgan fingerprint density at radius 3 is 2.61 bits per heavy atom. The number of halogens is 3. The summed E-state index contributed by atoms with van der Waals surface area (Å²) in [5.74, 6) is 0.829. The van der Waals surface area contributed by atoms with Crippen molar-refractivity contribution in [1.82, 2.24) is 9.66 Å². The van der Waals surface area contributed by atoms with Gasteiger partial charge in [0.1, 0.15) is 11.6 Å². The van der Waals surface area contributed by atoms with E-state index in [1.54, 1.807) is 19.2 Å². The number of aryl methyl sites for hydroxylation is 1. The Bertz CT molecular complexity index is 1240. The third kappa shape index (κ3) is 6.75. The molecule has 0 saturated heterocycles. The molecule has 33 heavy (non-hydrogen) atoms. The number of carbonyl (C=O) groups excluding carboxylic acids is 1. The number of fused-ring (bicyclic) bond motifs is 1. The minimum absolute atomic E-state index is 0.151. The van der Waals surface area contributed by atoms with Crippen molar-refractivity contribution in [2.75, 3.05) is 13.2 Å². The fourth-order valence-corrected chi connectivity index (χ4v) is 5.55. The molecular weight excluding hydrogens is 716 g/mol. The van der Waals surface area contributed by atoms with E-state index in [1.165, 1.54) is 4.68 Å². The molecule has 0 aliphatic carbocycles. The molecule has 3 aromatic rings. The second-order valence-electron chi connectivity index (χ2n) is 7.06. The van der Waals surface area contributed by atoms with Gasteiger partial charge in [0.15, 0.2) is 6.61 Å². The van der Waals surface area contributed by atoms with Crippen LogP contribution in [0.1, 0.15) is 38.1 Å². The van der Waals surface area contributed by atoms with Crippen LogP contribution in [-0.2, 0) is 16.0 Å². The lowest BCUT2D eigenvalue weighted by Gasteiger charge is -2.11. The first kappa shape index (κ1) is 26.1. The smallest absolute Gasteiger partial charge is 0.344 e. The molecule has 174 valence electrons. The second kappa shape index (κ2) is 12.2. The minimum atomic E-state index is -0.413. The first-order valence-electron chi connectivity index (χ1n) is 10.4. The lowest BCUT2D eigenvalue weighted by molar-refractivity contribution is -0.145. The highest BCUT2D eigenvalue weighted by Gasteiger charge is 2.13. The van der Waals surface area contributed by atoms with Crippen molar-refractivity contribution in [3.63, 3.8) is 0 Å². The Labute approximate surface area is 227 Å². The molecule has 3 rings (SSSR count). The van der Waals surface area contributed by atoms with E-state index in [4.69, 9.17) is 14.5 Å². The molecule has 0 saturated carbocycles.